The Bertz CT molecular complexity index is 419. The molecule has 1 saturated carbocycles. The molecule has 0 spiro atoms. The maximum Gasteiger partial charge on any atom is 0.306 e. The van der Waals surface area contributed by atoms with Gasteiger partial charge in [0.1, 0.15) is 0 Å². The number of rotatable bonds is 6. The fourth-order valence-electron chi connectivity index (χ4n) is 2.75. The average Bonchev–Trinajstić information content (AvgIpc) is 2.88. The van der Waals surface area contributed by atoms with E-state index in [1.54, 1.807) is 11.8 Å². The number of hydrogen-bond acceptors (Lipinski definition) is 3. The summed E-state index contributed by atoms with van der Waals surface area (Å²) in [7, 11) is 0. The molecule has 19 heavy (non-hydrogen) atoms. The van der Waals surface area contributed by atoms with Crippen LogP contribution < -0.4 is 5.32 Å². The molecule has 3 nitrogen and oxygen atoms in total. The maximum atomic E-state index is 11.1. The Labute approximate surface area is 118 Å². The van der Waals surface area contributed by atoms with Gasteiger partial charge in [0.25, 0.3) is 0 Å². The topological polar surface area (TPSA) is 49.3 Å². The second-order valence-electron chi connectivity index (χ2n) is 5.11. The summed E-state index contributed by atoms with van der Waals surface area (Å²) in [6.45, 7) is 1.62. The molecule has 0 aliphatic heterocycles. The summed E-state index contributed by atoms with van der Waals surface area (Å²) in [6.07, 6.45) is 4.99. The summed E-state index contributed by atoms with van der Waals surface area (Å²) in [5.74, 6) is -0.483. The SMILES string of the molecule is CSc1ccc(CNCC2CCCC2C(=O)O)cc1. The number of nitrogens with one attached hydrogen (secondary N) is 1. The summed E-state index contributed by atoms with van der Waals surface area (Å²) in [5.41, 5.74) is 1.25. The molecule has 2 atom stereocenters. The lowest BCUT2D eigenvalue weighted by Gasteiger charge is -2.16. The molecule has 2 N–H and O–H groups in total. The Balaban J connectivity index is 1.78. The largest absolute Gasteiger partial charge is 0.481 e. The van der Waals surface area contributed by atoms with Crippen LogP contribution in [0.1, 0.15) is 24.8 Å². The van der Waals surface area contributed by atoms with E-state index in [1.807, 2.05) is 0 Å². The number of hydrogen-bond donors (Lipinski definition) is 2. The maximum absolute atomic E-state index is 11.1. The highest BCUT2D eigenvalue weighted by Crippen LogP contribution is 2.31. The Hall–Kier alpha value is -1.00. The van der Waals surface area contributed by atoms with Gasteiger partial charge in [0.05, 0.1) is 5.92 Å². The van der Waals surface area contributed by atoms with Crippen LogP contribution in [0.25, 0.3) is 0 Å². The van der Waals surface area contributed by atoms with Crippen LogP contribution >= 0.6 is 11.8 Å². The highest BCUT2D eigenvalue weighted by molar-refractivity contribution is 7.98. The highest BCUT2D eigenvalue weighted by Gasteiger charge is 2.32. The van der Waals surface area contributed by atoms with Gasteiger partial charge >= 0.3 is 5.97 Å². The summed E-state index contributed by atoms with van der Waals surface area (Å²) < 4.78 is 0. The summed E-state index contributed by atoms with van der Waals surface area (Å²) in [6, 6.07) is 8.50. The van der Waals surface area contributed by atoms with Crippen molar-refractivity contribution in [2.45, 2.75) is 30.7 Å². The first-order chi connectivity index (χ1) is 9.20. The van der Waals surface area contributed by atoms with Gasteiger partial charge in [-0.3, -0.25) is 4.79 Å². The molecule has 1 fully saturated rings. The molecule has 2 rings (SSSR count). The number of aliphatic carboxylic acids is 1. The Morgan fingerprint density at radius 1 is 1.37 bits per heavy atom. The number of carboxylic acids is 1. The second kappa shape index (κ2) is 6.96. The molecule has 0 heterocycles. The zero-order chi connectivity index (χ0) is 13.7. The van der Waals surface area contributed by atoms with Gasteiger partial charge in [-0.1, -0.05) is 18.6 Å². The fourth-order valence-corrected chi connectivity index (χ4v) is 3.16. The van der Waals surface area contributed by atoms with Gasteiger partial charge in [-0.15, -0.1) is 11.8 Å². The normalized spacial score (nSPS) is 22.6. The van der Waals surface area contributed by atoms with Crippen LogP contribution in [-0.2, 0) is 11.3 Å². The van der Waals surface area contributed by atoms with Crippen LogP contribution in [0, 0.1) is 11.8 Å². The smallest absolute Gasteiger partial charge is 0.306 e. The third kappa shape index (κ3) is 3.98. The minimum atomic E-state index is -0.631. The average molecular weight is 279 g/mol. The predicted molar refractivity (Wildman–Crippen MR) is 78.4 cm³/mol. The first-order valence-electron chi connectivity index (χ1n) is 6.77. The molecule has 0 radical (unpaired) electrons. The molecule has 0 bridgehead atoms. The van der Waals surface area contributed by atoms with Crippen molar-refractivity contribution >= 4 is 17.7 Å². The van der Waals surface area contributed by atoms with Crippen LogP contribution in [0.2, 0.25) is 0 Å². The van der Waals surface area contributed by atoms with Crippen molar-refractivity contribution in [2.24, 2.45) is 11.8 Å². The molecule has 1 aliphatic rings. The van der Waals surface area contributed by atoms with E-state index in [4.69, 9.17) is 5.11 Å². The quantitative estimate of drug-likeness (QED) is 0.786. The second-order valence-corrected chi connectivity index (χ2v) is 5.99. The lowest BCUT2D eigenvalue weighted by molar-refractivity contribution is -0.142. The molecular formula is C15H21NO2S. The Kier molecular flexibility index (Phi) is 5.28. The summed E-state index contributed by atoms with van der Waals surface area (Å²) >= 11 is 1.74. The van der Waals surface area contributed by atoms with Gasteiger partial charge in [-0.2, -0.15) is 0 Å². The molecule has 1 aliphatic carbocycles. The van der Waals surface area contributed by atoms with Crippen LogP contribution in [0.3, 0.4) is 0 Å². The van der Waals surface area contributed by atoms with Crippen molar-refractivity contribution in [3.05, 3.63) is 29.8 Å². The van der Waals surface area contributed by atoms with Gasteiger partial charge in [-0.25, -0.2) is 0 Å². The van der Waals surface area contributed by atoms with Gasteiger partial charge < -0.3 is 10.4 Å². The molecule has 2 unspecified atom stereocenters. The zero-order valence-electron chi connectivity index (χ0n) is 11.3. The Morgan fingerprint density at radius 3 is 2.74 bits per heavy atom. The standard InChI is InChI=1S/C15H21NO2S/c1-19-13-7-5-11(6-8-13)9-16-10-12-3-2-4-14(12)15(17)18/h5-8,12,14,16H,2-4,9-10H2,1H3,(H,17,18). The fraction of sp³-hybridized carbons (Fsp3) is 0.533. The van der Waals surface area contributed by atoms with E-state index in [1.165, 1.54) is 10.5 Å². The summed E-state index contributed by atoms with van der Waals surface area (Å²) in [4.78, 5) is 12.4. The van der Waals surface area contributed by atoms with Crippen LogP contribution in [0.15, 0.2) is 29.2 Å². The van der Waals surface area contributed by atoms with Crippen molar-refractivity contribution in [1.82, 2.24) is 5.32 Å². The van der Waals surface area contributed by atoms with Crippen molar-refractivity contribution in [1.29, 1.82) is 0 Å². The molecule has 0 amide bonds. The van der Waals surface area contributed by atoms with Gasteiger partial charge in [0, 0.05) is 11.4 Å². The summed E-state index contributed by atoms with van der Waals surface area (Å²) in [5, 5.41) is 12.5. The van der Waals surface area contributed by atoms with Crippen molar-refractivity contribution in [2.75, 3.05) is 12.8 Å². The monoisotopic (exact) mass is 279 g/mol. The van der Waals surface area contributed by atoms with E-state index in [0.717, 1.165) is 32.4 Å². The molecule has 0 aromatic heterocycles. The molecule has 4 heteroatoms. The lowest BCUT2D eigenvalue weighted by atomic mass is 9.96. The van der Waals surface area contributed by atoms with Crippen LogP contribution in [0.4, 0.5) is 0 Å². The van der Waals surface area contributed by atoms with Gasteiger partial charge in [0.2, 0.25) is 0 Å². The molecule has 1 aromatic carbocycles. The molecule has 0 saturated heterocycles. The van der Waals surface area contributed by atoms with E-state index in [0.29, 0.717) is 5.92 Å². The third-order valence-corrected chi connectivity index (χ3v) is 4.61. The van der Waals surface area contributed by atoms with Crippen LogP contribution in [0.5, 0.6) is 0 Å². The zero-order valence-corrected chi connectivity index (χ0v) is 12.1. The minimum absolute atomic E-state index is 0.147. The molecule has 1 aromatic rings. The van der Waals surface area contributed by atoms with E-state index < -0.39 is 5.97 Å². The first-order valence-corrected chi connectivity index (χ1v) is 7.99. The number of carbonyl (C=O) groups is 1. The Morgan fingerprint density at radius 2 is 2.11 bits per heavy atom. The van der Waals surface area contributed by atoms with Crippen molar-refractivity contribution in [3.63, 3.8) is 0 Å². The van der Waals surface area contributed by atoms with E-state index in [9.17, 15) is 4.79 Å². The van der Waals surface area contributed by atoms with E-state index >= 15 is 0 Å². The first kappa shape index (κ1) is 14.4. The minimum Gasteiger partial charge on any atom is -0.481 e. The van der Waals surface area contributed by atoms with Gasteiger partial charge in [-0.05, 0) is 49.3 Å². The van der Waals surface area contributed by atoms with Crippen molar-refractivity contribution in [3.8, 4) is 0 Å². The lowest BCUT2D eigenvalue weighted by Crippen LogP contribution is -2.28. The van der Waals surface area contributed by atoms with E-state index in [2.05, 4.69) is 35.8 Å². The molecular weight excluding hydrogens is 258 g/mol. The third-order valence-electron chi connectivity index (χ3n) is 3.87. The highest BCUT2D eigenvalue weighted by atomic mass is 32.2. The van der Waals surface area contributed by atoms with Crippen LogP contribution in [-0.4, -0.2) is 23.9 Å². The number of carboxylic acid groups (broad SMARTS) is 1. The number of thioether (sulfide) groups is 1. The van der Waals surface area contributed by atoms with Gasteiger partial charge in [0.15, 0.2) is 0 Å². The molecule has 104 valence electrons. The van der Waals surface area contributed by atoms with Crippen molar-refractivity contribution < 1.29 is 9.90 Å². The number of benzene rings is 1. The predicted octanol–water partition coefficient (Wildman–Crippen LogP) is 3.00. The van der Waals surface area contributed by atoms with E-state index in [-0.39, 0.29) is 5.92 Å².